The Morgan fingerprint density at radius 2 is 1.74 bits per heavy atom. The van der Waals surface area contributed by atoms with E-state index in [1.807, 2.05) is 0 Å². The van der Waals surface area contributed by atoms with Gasteiger partial charge in [-0.2, -0.15) is 0 Å². The van der Waals surface area contributed by atoms with Crippen molar-refractivity contribution in [2.75, 3.05) is 18.2 Å². The summed E-state index contributed by atoms with van der Waals surface area (Å²) in [5, 5.41) is 20.5. The minimum atomic E-state index is -5.42. The van der Waals surface area contributed by atoms with Crippen LogP contribution in [-0.4, -0.2) is 80.1 Å². The lowest BCUT2D eigenvalue weighted by Gasteiger charge is -2.19. The van der Waals surface area contributed by atoms with Gasteiger partial charge in [0, 0.05) is 0 Å². The van der Waals surface area contributed by atoms with Gasteiger partial charge in [-0.1, -0.05) is 0 Å². The van der Waals surface area contributed by atoms with Crippen molar-refractivity contribution in [3.8, 4) is 0 Å². The number of anilines is 1. The Morgan fingerprint density at radius 1 is 1.06 bits per heavy atom. The SMILES string of the molecule is Nc1ncnc2c1ncn2[C@@H]1O[C@@H](COP(=O)(O)CP(=O)(O)OP(=O)(O)O)[C@H](O)[C@@H]1O. The Hall–Kier alpha value is -1.32. The zero-order valence-corrected chi connectivity index (χ0v) is 17.9. The van der Waals surface area contributed by atoms with Crippen LogP contribution in [0.4, 0.5) is 5.82 Å². The van der Waals surface area contributed by atoms with Gasteiger partial charge in [-0.3, -0.25) is 13.7 Å². The van der Waals surface area contributed by atoms with E-state index >= 15 is 0 Å². The Bertz CT molecular complexity index is 1110. The second-order valence-corrected chi connectivity index (χ2v) is 12.0. The first-order valence-electron chi connectivity index (χ1n) is 8.19. The Kier molecular flexibility index (Phi) is 6.71. The number of aliphatic hydroxyl groups is 2. The maximum atomic E-state index is 12.0. The van der Waals surface area contributed by atoms with Crippen LogP contribution < -0.4 is 5.73 Å². The smallest absolute Gasteiger partial charge is 0.387 e. The number of fused-ring (bicyclic) bond motifs is 1. The number of rotatable bonds is 8. The first kappa shape index (κ1) is 24.3. The average Bonchev–Trinajstić information content (AvgIpc) is 3.13. The summed E-state index contributed by atoms with van der Waals surface area (Å²) in [5.41, 5.74) is 6.06. The molecule has 1 aliphatic heterocycles. The number of nitrogens with two attached hydrogens (primary N) is 1. The Labute approximate surface area is 172 Å². The Balaban J connectivity index is 1.69. The van der Waals surface area contributed by atoms with Crippen LogP contribution >= 0.6 is 23.0 Å². The number of aliphatic hydroxyl groups excluding tert-OH is 2. The monoisotopic (exact) mass is 505 g/mol. The second kappa shape index (κ2) is 8.56. The molecule has 0 radical (unpaired) electrons. The molecule has 1 aliphatic rings. The summed E-state index contributed by atoms with van der Waals surface area (Å²) in [7, 11) is -15.6. The fourth-order valence-corrected chi connectivity index (χ4v) is 7.32. The first-order valence-corrected chi connectivity index (χ1v) is 13.2. The Morgan fingerprint density at radius 3 is 2.39 bits per heavy atom. The predicted octanol–water partition coefficient (Wildman–Crippen LogP) is -1.52. The molecule has 0 spiro atoms. The zero-order valence-electron chi connectivity index (χ0n) is 15.2. The molecule has 2 aromatic rings. The van der Waals surface area contributed by atoms with Crippen molar-refractivity contribution < 1.29 is 57.1 Å². The molecule has 2 aromatic heterocycles. The lowest BCUT2D eigenvalue weighted by molar-refractivity contribution is -0.0483. The molecule has 31 heavy (non-hydrogen) atoms. The summed E-state index contributed by atoms with van der Waals surface area (Å²) in [5.74, 6) is -1.58. The molecule has 1 fully saturated rings. The summed E-state index contributed by atoms with van der Waals surface area (Å²) < 4.78 is 49.2. The van der Waals surface area contributed by atoms with Gasteiger partial charge in [-0.25, -0.2) is 23.8 Å². The zero-order chi connectivity index (χ0) is 23.2. The van der Waals surface area contributed by atoms with E-state index in [2.05, 4.69) is 23.8 Å². The van der Waals surface area contributed by atoms with Crippen LogP contribution in [0.15, 0.2) is 12.7 Å². The van der Waals surface area contributed by atoms with Crippen LogP contribution in [0.3, 0.4) is 0 Å². The van der Waals surface area contributed by atoms with Gasteiger partial charge in [0.05, 0.1) is 12.9 Å². The van der Waals surface area contributed by atoms with Gasteiger partial charge in [0.15, 0.2) is 23.6 Å². The lowest BCUT2D eigenvalue weighted by Crippen LogP contribution is -2.33. The molecule has 0 bridgehead atoms. The van der Waals surface area contributed by atoms with Gasteiger partial charge in [0.25, 0.3) is 0 Å². The molecule has 0 saturated carbocycles. The molecular weight excluding hydrogens is 487 g/mol. The molecule has 0 aliphatic carbocycles. The van der Waals surface area contributed by atoms with Gasteiger partial charge < -0.3 is 44.8 Å². The molecule has 3 rings (SSSR count). The fraction of sp³-hybridized carbons (Fsp3) is 0.545. The topological polar surface area (TPSA) is 270 Å². The maximum Gasteiger partial charge on any atom is 0.476 e. The minimum Gasteiger partial charge on any atom is -0.387 e. The van der Waals surface area contributed by atoms with Gasteiger partial charge >= 0.3 is 23.0 Å². The van der Waals surface area contributed by atoms with E-state index in [0.29, 0.717) is 0 Å². The third kappa shape index (κ3) is 5.73. The van der Waals surface area contributed by atoms with Crippen molar-refractivity contribution in [2.45, 2.75) is 24.5 Å². The van der Waals surface area contributed by atoms with E-state index in [9.17, 15) is 33.7 Å². The number of imidazole rings is 1. The minimum absolute atomic E-state index is 0.0591. The van der Waals surface area contributed by atoms with Gasteiger partial charge in [-0.05, 0) is 0 Å². The quantitative estimate of drug-likeness (QED) is 0.201. The van der Waals surface area contributed by atoms with Crippen molar-refractivity contribution in [2.24, 2.45) is 0 Å². The van der Waals surface area contributed by atoms with E-state index in [1.54, 1.807) is 0 Å². The van der Waals surface area contributed by atoms with Gasteiger partial charge in [0.2, 0.25) is 0 Å². The van der Waals surface area contributed by atoms with Crippen molar-refractivity contribution in [3.63, 3.8) is 0 Å². The van der Waals surface area contributed by atoms with Crippen LogP contribution in [0.25, 0.3) is 11.2 Å². The third-order valence-corrected chi connectivity index (χ3v) is 9.31. The summed E-state index contributed by atoms with van der Waals surface area (Å²) in [6, 6.07) is 0. The number of nitrogen functional groups attached to an aromatic ring is 1. The number of phosphoric acid groups is 1. The number of aromatic nitrogens is 4. The molecule has 6 atom stereocenters. The van der Waals surface area contributed by atoms with Gasteiger partial charge in [0.1, 0.15) is 30.2 Å². The largest absolute Gasteiger partial charge is 0.476 e. The highest BCUT2D eigenvalue weighted by Crippen LogP contribution is 2.64. The summed E-state index contributed by atoms with van der Waals surface area (Å²) in [4.78, 5) is 47.9. The van der Waals surface area contributed by atoms with E-state index < -0.39 is 60.1 Å². The molecule has 20 heteroatoms. The van der Waals surface area contributed by atoms with Gasteiger partial charge in [-0.15, -0.1) is 0 Å². The second-order valence-electron chi connectivity index (χ2n) is 6.41. The highest BCUT2D eigenvalue weighted by atomic mass is 31.3. The third-order valence-electron chi connectivity index (χ3n) is 4.03. The number of nitrogens with zero attached hydrogens (tertiary/aromatic N) is 4. The summed E-state index contributed by atoms with van der Waals surface area (Å²) in [6.45, 7) is -0.831. The molecule has 0 aromatic carbocycles. The van der Waals surface area contributed by atoms with Crippen LogP contribution in [0.2, 0.25) is 0 Å². The molecule has 8 N–H and O–H groups in total. The molecule has 2 unspecified atom stereocenters. The highest BCUT2D eigenvalue weighted by Gasteiger charge is 2.46. The van der Waals surface area contributed by atoms with Crippen molar-refractivity contribution in [3.05, 3.63) is 12.7 Å². The summed E-state index contributed by atoms with van der Waals surface area (Å²) >= 11 is 0. The normalized spacial score (nSPS) is 28.5. The van der Waals surface area contributed by atoms with E-state index in [0.717, 1.165) is 6.33 Å². The van der Waals surface area contributed by atoms with Crippen LogP contribution in [-0.2, 0) is 27.3 Å². The molecule has 174 valence electrons. The van der Waals surface area contributed by atoms with Crippen LogP contribution in [0.1, 0.15) is 6.23 Å². The molecule has 17 nitrogen and oxygen atoms in total. The number of hydrogen-bond acceptors (Lipinski definition) is 12. The van der Waals surface area contributed by atoms with Crippen molar-refractivity contribution >= 4 is 40.0 Å². The van der Waals surface area contributed by atoms with Crippen LogP contribution in [0, 0.1) is 0 Å². The van der Waals surface area contributed by atoms with Crippen LogP contribution in [0.5, 0.6) is 0 Å². The first-order chi connectivity index (χ1) is 14.2. The molecular formula is C11H18N5O12P3. The lowest BCUT2D eigenvalue weighted by atomic mass is 10.1. The van der Waals surface area contributed by atoms with E-state index in [4.69, 9.17) is 20.3 Å². The van der Waals surface area contributed by atoms with Crippen molar-refractivity contribution in [1.29, 1.82) is 0 Å². The van der Waals surface area contributed by atoms with E-state index in [-0.39, 0.29) is 17.0 Å². The van der Waals surface area contributed by atoms with Crippen molar-refractivity contribution in [1.82, 2.24) is 19.5 Å². The molecule has 3 heterocycles. The number of hydrogen-bond donors (Lipinski definition) is 7. The standard InChI is InChI=1S/C11H18N5O12P3/c12-9-6-10(14-2-13-9)16(3-15-6)11-8(18)7(17)5(27-11)1-26-29(19,20)4-30(21,22)28-31(23,24)25/h2-3,5,7-8,11,17-18H,1,4H2,(H,19,20)(H,21,22)(H2,12,13,14)(H2,23,24,25)/t5-,7-,8-,11+/m0/s1. The predicted molar refractivity (Wildman–Crippen MR) is 99.3 cm³/mol. The van der Waals surface area contributed by atoms with E-state index in [1.165, 1.54) is 10.9 Å². The summed E-state index contributed by atoms with van der Waals surface area (Å²) in [6.07, 6.45) is -3.43. The maximum absolute atomic E-state index is 12.0. The molecule has 0 amide bonds. The molecule has 1 saturated heterocycles. The fourth-order valence-electron chi connectivity index (χ4n) is 2.80. The number of ether oxygens (including phenoxy) is 1. The average molecular weight is 505 g/mol. The highest BCUT2D eigenvalue weighted by molar-refractivity contribution is 7.74.